The quantitative estimate of drug-likeness (QED) is 0.194. The van der Waals surface area contributed by atoms with Crippen molar-refractivity contribution in [2.75, 3.05) is 36.4 Å². The summed E-state index contributed by atoms with van der Waals surface area (Å²) in [6, 6.07) is 7.17. The van der Waals surface area contributed by atoms with Crippen LogP contribution in [0, 0.1) is 0 Å². The molecule has 1 aliphatic carbocycles. The van der Waals surface area contributed by atoms with Crippen molar-refractivity contribution >= 4 is 72.0 Å². The zero-order chi connectivity index (χ0) is 38.9. The number of amides is 3. The minimum Gasteiger partial charge on any atom is -0.352 e. The molecule has 1 atom stereocenters. The van der Waals surface area contributed by atoms with Crippen LogP contribution in [0.1, 0.15) is 67.1 Å². The first-order chi connectivity index (χ1) is 26.9. The molecule has 290 valence electrons. The van der Waals surface area contributed by atoms with E-state index in [9.17, 15) is 22.8 Å². The van der Waals surface area contributed by atoms with E-state index in [4.69, 9.17) is 10.1 Å². The van der Waals surface area contributed by atoms with Gasteiger partial charge in [0.15, 0.2) is 11.6 Å². The Morgan fingerprint density at radius 2 is 1.80 bits per heavy atom. The Labute approximate surface area is 330 Å². The maximum absolute atomic E-state index is 13.3. The zero-order valence-electron chi connectivity index (χ0n) is 30.7. The van der Waals surface area contributed by atoms with Crippen molar-refractivity contribution < 1.29 is 22.8 Å². The summed E-state index contributed by atoms with van der Waals surface area (Å²) in [6.07, 6.45) is 8.20. The summed E-state index contributed by atoms with van der Waals surface area (Å²) in [6.45, 7) is 8.36. The van der Waals surface area contributed by atoms with Gasteiger partial charge in [-0.3, -0.25) is 29.3 Å². The van der Waals surface area contributed by atoms with E-state index in [0.717, 1.165) is 58.1 Å². The first-order valence-electron chi connectivity index (χ1n) is 18.6. The van der Waals surface area contributed by atoms with Crippen LogP contribution in [0.4, 0.5) is 17.5 Å². The van der Waals surface area contributed by atoms with Crippen LogP contribution >= 0.6 is 15.9 Å². The Hall–Kier alpha value is -5.27. The molecule has 2 saturated heterocycles. The van der Waals surface area contributed by atoms with Gasteiger partial charge in [0.25, 0.3) is 15.9 Å². The van der Waals surface area contributed by atoms with Crippen LogP contribution in [0.15, 0.2) is 53.5 Å². The maximum atomic E-state index is 13.3. The number of aromatic nitrogens is 7. The summed E-state index contributed by atoms with van der Waals surface area (Å²) in [7, 11) is -3.50. The molecule has 3 aliphatic heterocycles. The molecule has 1 unspecified atom stereocenters. The van der Waals surface area contributed by atoms with Crippen LogP contribution in [0.5, 0.6) is 0 Å². The summed E-state index contributed by atoms with van der Waals surface area (Å²) in [4.78, 5) is 57.5. The number of rotatable bonds is 10. The number of piperazine rings is 1. The smallest absolute Gasteiger partial charge is 0.256 e. The number of anilines is 3. The largest absolute Gasteiger partial charge is 0.352 e. The van der Waals surface area contributed by atoms with Gasteiger partial charge in [0.05, 0.1) is 39.7 Å². The molecule has 9 rings (SSSR count). The Balaban J connectivity index is 0.872. The molecule has 1 aromatic carbocycles. The number of carbonyl (C=O) groups is 3. The highest BCUT2D eigenvalue weighted by molar-refractivity contribution is 9.10. The molecule has 3 amide bonds. The fourth-order valence-electron chi connectivity index (χ4n) is 7.68. The zero-order valence-corrected chi connectivity index (χ0v) is 33.1. The Morgan fingerprint density at radius 3 is 2.55 bits per heavy atom. The average Bonchev–Trinajstić information content (AvgIpc) is 3.65. The highest BCUT2D eigenvalue weighted by atomic mass is 79.9. The number of benzene rings is 1. The van der Waals surface area contributed by atoms with Crippen LogP contribution in [-0.4, -0.2) is 107 Å². The van der Waals surface area contributed by atoms with Gasteiger partial charge in [0.1, 0.15) is 17.7 Å². The van der Waals surface area contributed by atoms with Gasteiger partial charge in [-0.15, -0.1) is 0 Å². The van der Waals surface area contributed by atoms with Crippen molar-refractivity contribution in [3.8, 4) is 11.4 Å². The number of fused-ring (bicyclic) bond motifs is 2. The summed E-state index contributed by atoms with van der Waals surface area (Å²) >= 11 is 3.63. The Morgan fingerprint density at radius 1 is 1.00 bits per heavy atom. The molecule has 7 heterocycles. The highest BCUT2D eigenvalue weighted by Gasteiger charge is 2.40. The van der Waals surface area contributed by atoms with Crippen LogP contribution < -0.4 is 15.5 Å². The highest BCUT2D eigenvalue weighted by Crippen LogP contribution is 2.35. The number of hydrogen-bond donors (Lipinski definition) is 2. The first-order valence-corrected chi connectivity index (χ1v) is 20.9. The summed E-state index contributed by atoms with van der Waals surface area (Å²) < 4.78 is 29.0. The fourth-order valence-corrected chi connectivity index (χ4v) is 9.87. The number of nitrogens with one attached hydrogen (secondary N) is 2. The van der Waals surface area contributed by atoms with Crippen LogP contribution in [0.3, 0.4) is 0 Å². The van der Waals surface area contributed by atoms with Gasteiger partial charge >= 0.3 is 0 Å². The number of imide groups is 1. The van der Waals surface area contributed by atoms with Crippen LogP contribution in [0.25, 0.3) is 22.3 Å². The van der Waals surface area contributed by atoms with Gasteiger partial charge in [-0.1, -0.05) is 6.07 Å². The summed E-state index contributed by atoms with van der Waals surface area (Å²) in [5.74, 6) is 1.38. The van der Waals surface area contributed by atoms with E-state index in [1.165, 1.54) is 12.4 Å². The molecule has 1 saturated carbocycles. The number of halogens is 1. The third-order valence-corrected chi connectivity index (χ3v) is 13.4. The van der Waals surface area contributed by atoms with Gasteiger partial charge in [0, 0.05) is 74.7 Å². The van der Waals surface area contributed by atoms with Gasteiger partial charge in [-0.25, -0.2) is 23.4 Å². The standard InChI is InChI=1S/C37H39BrN12O5S/c1-21(2)50-29-15-31(42-30-7-8-39-34(43-30)24-16-41-49(20-24)56(54,55)25-3-4-25)40-17-26(29)35(45-50)47-11-9-46(10-12-47)18-22-13-23-19-48(37(53)33(23)27(38)14-22)28-5-6-32(51)44-36(28)52/h7-8,13-17,20-21,25,28H,3-6,9-12,18-19H2,1-2H3,(H,44,51,52)(H,39,40,42,43). The summed E-state index contributed by atoms with van der Waals surface area (Å²) in [5, 5.41) is 15.3. The average molecular weight is 844 g/mol. The predicted octanol–water partition coefficient (Wildman–Crippen LogP) is 3.60. The normalized spacial score (nSPS) is 19.3. The number of carbonyl (C=O) groups excluding carboxylic acids is 3. The van der Waals surface area contributed by atoms with Crippen molar-refractivity contribution in [1.29, 1.82) is 0 Å². The molecule has 5 aromatic rings. The number of nitrogens with zero attached hydrogens (tertiary/aromatic N) is 10. The van der Waals surface area contributed by atoms with Crippen molar-refractivity contribution in [2.24, 2.45) is 0 Å². The molecule has 0 radical (unpaired) electrons. The first kappa shape index (κ1) is 36.4. The molecule has 0 bridgehead atoms. The van der Waals surface area contributed by atoms with E-state index < -0.39 is 22.0 Å². The number of pyridine rings is 1. The van der Waals surface area contributed by atoms with E-state index in [0.29, 0.717) is 65.4 Å². The SMILES string of the molecule is CC(C)n1nc(N2CCN(Cc3cc(Br)c4c(c3)CN(C3CCC(=O)NC3=O)C4=O)CC2)c2cnc(Nc3ccnc(-c4cnn(S(=O)(=O)C5CC5)c4)n3)cc21. The number of piperidine rings is 1. The Bertz CT molecular complexity index is 2530. The molecule has 3 fully saturated rings. The van der Waals surface area contributed by atoms with Crippen molar-refractivity contribution in [2.45, 2.75) is 70.0 Å². The third kappa shape index (κ3) is 6.70. The maximum Gasteiger partial charge on any atom is 0.256 e. The van der Waals surface area contributed by atoms with E-state index in [1.54, 1.807) is 17.2 Å². The molecule has 0 spiro atoms. The van der Waals surface area contributed by atoms with E-state index >= 15 is 0 Å². The number of hydrogen-bond acceptors (Lipinski definition) is 13. The molecule has 19 heteroatoms. The Kier molecular flexibility index (Phi) is 9.12. The van der Waals surface area contributed by atoms with E-state index in [1.807, 2.05) is 23.0 Å². The lowest BCUT2D eigenvalue weighted by Crippen LogP contribution is -2.52. The molecule has 4 aliphatic rings. The third-order valence-electron chi connectivity index (χ3n) is 10.7. The van der Waals surface area contributed by atoms with Crippen molar-refractivity contribution in [3.63, 3.8) is 0 Å². The van der Waals surface area contributed by atoms with Crippen LogP contribution in [-0.2, 0) is 32.7 Å². The predicted molar refractivity (Wildman–Crippen MR) is 209 cm³/mol. The molecule has 17 nitrogen and oxygen atoms in total. The topological polar surface area (TPSA) is 193 Å². The second-order valence-electron chi connectivity index (χ2n) is 15.0. The van der Waals surface area contributed by atoms with Gasteiger partial charge < -0.3 is 15.1 Å². The lowest BCUT2D eigenvalue weighted by molar-refractivity contribution is -0.136. The second-order valence-corrected chi connectivity index (χ2v) is 17.9. The molecule has 2 N–H and O–H groups in total. The van der Waals surface area contributed by atoms with Gasteiger partial charge in [-0.05, 0) is 72.3 Å². The minimum atomic E-state index is -3.50. The second kappa shape index (κ2) is 14.0. The van der Waals surface area contributed by atoms with Crippen molar-refractivity contribution in [3.05, 3.63) is 70.2 Å². The van der Waals surface area contributed by atoms with Crippen molar-refractivity contribution in [1.82, 2.24) is 49.0 Å². The fraction of sp³-hybridized carbons (Fsp3) is 0.405. The molecular formula is C37H39BrN12O5S. The lowest BCUT2D eigenvalue weighted by atomic mass is 10.0. The summed E-state index contributed by atoms with van der Waals surface area (Å²) in [5.41, 5.74) is 3.96. The molecular weight excluding hydrogens is 804 g/mol. The molecule has 4 aromatic heterocycles. The van der Waals surface area contributed by atoms with E-state index in [2.05, 4.69) is 71.3 Å². The monoisotopic (exact) mass is 842 g/mol. The minimum absolute atomic E-state index is 0.0907. The lowest BCUT2D eigenvalue weighted by Gasteiger charge is -2.35. The molecule has 56 heavy (non-hydrogen) atoms. The van der Waals surface area contributed by atoms with Gasteiger partial charge in [-0.2, -0.15) is 14.3 Å². The van der Waals surface area contributed by atoms with Crippen LogP contribution in [0.2, 0.25) is 0 Å². The van der Waals surface area contributed by atoms with Gasteiger partial charge in [0.2, 0.25) is 11.8 Å². The van der Waals surface area contributed by atoms with E-state index in [-0.39, 0.29) is 29.5 Å².